The largest absolute Gasteiger partial charge is 0.480 e. The maximum Gasteiger partial charge on any atom is 0.323 e. The number of aliphatic carboxylic acids is 1. The first-order chi connectivity index (χ1) is 10.7. The molecule has 0 aliphatic rings. The molecular formula is C16H23N3O4. The van der Waals surface area contributed by atoms with Crippen LogP contribution in [0.25, 0.3) is 0 Å². The molecule has 7 nitrogen and oxygen atoms in total. The van der Waals surface area contributed by atoms with E-state index < -0.39 is 18.0 Å². The monoisotopic (exact) mass is 321 g/mol. The van der Waals surface area contributed by atoms with Crippen LogP contribution >= 0.6 is 0 Å². The Kier molecular flexibility index (Phi) is 6.56. The minimum atomic E-state index is -1.08. The summed E-state index contributed by atoms with van der Waals surface area (Å²) >= 11 is 0. The fourth-order valence-electron chi connectivity index (χ4n) is 2.38. The molecule has 0 saturated carbocycles. The SMILES string of the molecule is Cc1ccccc1C(CC(=O)N(CC(=O)O)C(C)C)NC(N)=O. The van der Waals surface area contributed by atoms with E-state index in [0.717, 1.165) is 11.1 Å². The first kappa shape index (κ1) is 18.5. The molecule has 7 heteroatoms. The van der Waals surface area contributed by atoms with E-state index >= 15 is 0 Å². The Bertz CT molecular complexity index is 586. The summed E-state index contributed by atoms with van der Waals surface area (Å²) in [5, 5.41) is 11.5. The Hall–Kier alpha value is -2.57. The third kappa shape index (κ3) is 5.61. The van der Waals surface area contributed by atoms with Gasteiger partial charge in [0.25, 0.3) is 0 Å². The molecular weight excluding hydrogens is 298 g/mol. The molecule has 0 heterocycles. The lowest BCUT2D eigenvalue weighted by Gasteiger charge is -2.28. The number of hydrogen-bond acceptors (Lipinski definition) is 3. The molecule has 0 radical (unpaired) electrons. The third-order valence-corrected chi connectivity index (χ3v) is 3.51. The number of benzene rings is 1. The van der Waals surface area contributed by atoms with Crippen LogP contribution in [0, 0.1) is 6.92 Å². The quantitative estimate of drug-likeness (QED) is 0.704. The molecule has 126 valence electrons. The number of carbonyl (C=O) groups is 3. The molecule has 1 atom stereocenters. The van der Waals surface area contributed by atoms with E-state index in [1.54, 1.807) is 26.0 Å². The number of carbonyl (C=O) groups excluding carboxylic acids is 2. The first-order valence-corrected chi connectivity index (χ1v) is 7.35. The number of rotatable bonds is 7. The maximum atomic E-state index is 12.5. The Morgan fingerprint density at radius 3 is 2.35 bits per heavy atom. The minimum absolute atomic E-state index is 0.0563. The smallest absolute Gasteiger partial charge is 0.323 e. The van der Waals surface area contributed by atoms with Gasteiger partial charge in [-0.2, -0.15) is 0 Å². The molecule has 0 fully saturated rings. The van der Waals surface area contributed by atoms with Crippen molar-refractivity contribution in [3.8, 4) is 0 Å². The van der Waals surface area contributed by atoms with Gasteiger partial charge >= 0.3 is 12.0 Å². The summed E-state index contributed by atoms with van der Waals surface area (Å²) in [4.78, 5) is 35.9. The number of hydrogen-bond donors (Lipinski definition) is 3. The number of nitrogens with one attached hydrogen (secondary N) is 1. The zero-order chi connectivity index (χ0) is 17.6. The Labute approximate surface area is 135 Å². The molecule has 0 spiro atoms. The fraction of sp³-hybridized carbons (Fsp3) is 0.438. The van der Waals surface area contributed by atoms with Crippen LogP contribution in [0.1, 0.15) is 37.4 Å². The normalized spacial score (nSPS) is 11.8. The van der Waals surface area contributed by atoms with Crippen LogP contribution in [0.3, 0.4) is 0 Å². The molecule has 0 aliphatic heterocycles. The summed E-state index contributed by atoms with van der Waals surface area (Å²) in [6.45, 7) is 4.97. The van der Waals surface area contributed by atoms with Gasteiger partial charge in [-0.1, -0.05) is 24.3 Å². The van der Waals surface area contributed by atoms with Gasteiger partial charge in [-0.15, -0.1) is 0 Å². The predicted octanol–water partition coefficient (Wildman–Crippen LogP) is 1.42. The number of urea groups is 1. The van der Waals surface area contributed by atoms with Gasteiger partial charge in [0.05, 0.1) is 12.5 Å². The van der Waals surface area contributed by atoms with Crippen molar-refractivity contribution in [1.29, 1.82) is 0 Å². The van der Waals surface area contributed by atoms with Gasteiger partial charge in [0, 0.05) is 6.04 Å². The van der Waals surface area contributed by atoms with Gasteiger partial charge in [-0.3, -0.25) is 9.59 Å². The lowest BCUT2D eigenvalue weighted by molar-refractivity contribution is -0.146. The van der Waals surface area contributed by atoms with E-state index in [-0.39, 0.29) is 24.9 Å². The van der Waals surface area contributed by atoms with Crippen LogP contribution in [-0.4, -0.2) is 40.5 Å². The molecule has 1 unspecified atom stereocenters. The lowest BCUT2D eigenvalue weighted by atomic mass is 9.98. The van der Waals surface area contributed by atoms with E-state index in [0.29, 0.717) is 0 Å². The van der Waals surface area contributed by atoms with Gasteiger partial charge in [0.1, 0.15) is 6.54 Å². The predicted molar refractivity (Wildman–Crippen MR) is 85.7 cm³/mol. The van der Waals surface area contributed by atoms with Crippen molar-refractivity contribution in [3.05, 3.63) is 35.4 Å². The van der Waals surface area contributed by atoms with Crippen molar-refractivity contribution in [2.24, 2.45) is 5.73 Å². The van der Waals surface area contributed by atoms with Crippen molar-refractivity contribution in [2.75, 3.05) is 6.54 Å². The maximum absolute atomic E-state index is 12.5. The first-order valence-electron chi connectivity index (χ1n) is 7.35. The zero-order valence-electron chi connectivity index (χ0n) is 13.6. The van der Waals surface area contributed by atoms with E-state index in [9.17, 15) is 14.4 Å². The van der Waals surface area contributed by atoms with Crippen LogP contribution < -0.4 is 11.1 Å². The molecule has 1 aromatic rings. The Morgan fingerprint density at radius 1 is 1.26 bits per heavy atom. The van der Waals surface area contributed by atoms with Crippen molar-refractivity contribution in [2.45, 2.75) is 39.3 Å². The molecule has 3 amide bonds. The minimum Gasteiger partial charge on any atom is -0.480 e. The molecule has 0 aliphatic carbocycles. The summed E-state index contributed by atoms with van der Waals surface area (Å²) in [5.74, 6) is -1.44. The summed E-state index contributed by atoms with van der Waals surface area (Å²) in [5.41, 5.74) is 6.89. The number of nitrogens with two attached hydrogens (primary N) is 1. The highest BCUT2D eigenvalue weighted by Gasteiger charge is 2.25. The van der Waals surface area contributed by atoms with Gasteiger partial charge in [0.15, 0.2) is 0 Å². The van der Waals surface area contributed by atoms with Crippen molar-refractivity contribution in [1.82, 2.24) is 10.2 Å². The average molecular weight is 321 g/mol. The van der Waals surface area contributed by atoms with E-state index in [4.69, 9.17) is 10.8 Å². The van der Waals surface area contributed by atoms with Gasteiger partial charge < -0.3 is 21.1 Å². The van der Waals surface area contributed by atoms with E-state index in [2.05, 4.69) is 5.32 Å². The molecule has 0 saturated heterocycles. The third-order valence-electron chi connectivity index (χ3n) is 3.51. The summed E-state index contributed by atoms with van der Waals surface area (Å²) < 4.78 is 0. The number of carboxylic acids is 1. The number of amides is 3. The molecule has 23 heavy (non-hydrogen) atoms. The van der Waals surface area contributed by atoms with Gasteiger partial charge in [0.2, 0.25) is 5.91 Å². The number of aryl methyl sites for hydroxylation is 1. The number of primary amides is 1. The second-order valence-corrected chi connectivity index (χ2v) is 5.63. The summed E-state index contributed by atoms with van der Waals surface area (Å²) in [7, 11) is 0. The molecule has 0 aromatic heterocycles. The highest BCUT2D eigenvalue weighted by Crippen LogP contribution is 2.22. The van der Waals surface area contributed by atoms with Crippen LogP contribution in [0.2, 0.25) is 0 Å². The standard InChI is InChI=1S/C16H23N3O4/c1-10(2)19(9-15(21)22)14(20)8-13(18-16(17)23)12-7-5-4-6-11(12)3/h4-7,10,13H,8-9H2,1-3H3,(H,21,22)(H3,17,18,23). The topological polar surface area (TPSA) is 113 Å². The average Bonchev–Trinajstić information content (AvgIpc) is 2.43. The highest BCUT2D eigenvalue weighted by atomic mass is 16.4. The second kappa shape index (κ2) is 8.17. The van der Waals surface area contributed by atoms with Crippen molar-refractivity contribution >= 4 is 17.9 Å². The van der Waals surface area contributed by atoms with Gasteiger partial charge in [-0.05, 0) is 31.9 Å². The van der Waals surface area contributed by atoms with E-state index in [1.807, 2.05) is 19.1 Å². The van der Waals surface area contributed by atoms with Crippen LogP contribution in [0.15, 0.2) is 24.3 Å². The lowest BCUT2D eigenvalue weighted by Crippen LogP contribution is -2.43. The highest BCUT2D eigenvalue weighted by molar-refractivity contribution is 5.83. The van der Waals surface area contributed by atoms with Crippen LogP contribution in [-0.2, 0) is 9.59 Å². The van der Waals surface area contributed by atoms with Crippen molar-refractivity contribution in [3.63, 3.8) is 0 Å². The molecule has 0 bridgehead atoms. The zero-order valence-corrected chi connectivity index (χ0v) is 13.6. The van der Waals surface area contributed by atoms with Crippen LogP contribution in [0.5, 0.6) is 0 Å². The van der Waals surface area contributed by atoms with Crippen molar-refractivity contribution < 1.29 is 19.5 Å². The van der Waals surface area contributed by atoms with E-state index in [1.165, 1.54) is 4.90 Å². The summed E-state index contributed by atoms with van der Waals surface area (Å²) in [6, 6.07) is 5.74. The fourth-order valence-corrected chi connectivity index (χ4v) is 2.38. The number of carboxylic acid groups (broad SMARTS) is 1. The summed E-state index contributed by atoms with van der Waals surface area (Å²) in [6.07, 6.45) is -0.0563. The Morgan fingerprint density at radius 2 is 1.87 bits per heavy atom. The van der Waals surface area contributed by atoms with Crippen LogP contribution in [0.4, 0.5) is 4.79 Å². The molecule has 1 aromatic carbocycles. The second-order valence-electron chi connectivity index (χ2n) is 5.63. The Balaban J connectivity index is 3.00. The van der Waals surface area contributed by atoms with Gasteiger partial charge in [-0.25, -0.2) is 4.79 Å². The molecule has 4 N–H and O–H groups in total. The number of nitrogens with zero attached hydrogens (tertiary/aromatic N) is 1. The molecule has 1 rings (SSSR count).